The zero-order chi connectivity index (χ0) is 23.9. The van der Waals surface area contributed by atoms with Crippen molar-refractivity contribution in [2.75, 3.05) is 29.7 Å². The van der Waals surface area contributed by atoms with Gasteiger partial charge in [-0.25, -0.2) is 0 Å². The summed E-state index contributed by atoms with van der Waals surface area (Å²) in [7, 11) is 3.43. The number of hydrogen-bond acceptors (Lipinski definition) is 5. The minimum absolute atomic E-state index is 0.257. The first-order valence-corrected chi connectivity index (χ1v) is 10.7. The van der Waals surface area contributed by atoms with E-state index in [1.54, 1.807) is 42.6 Å². The van der Waals surface area contributed by atoms with Gasteiger partial charge in [-0.1, -0.05) is 30.3 Å². The summed E-state index contributed by atoms with van der Waals surface area (Å²) in [4.78, 5) is 31.6. The molecule has 170 valence electrons. The van der Waals surface area contributed by atoms with Gasteiger partial charge in [-0.05, 0) is 48.5 Å². The van der Waals surface area contributed by atoms with Crippen molar-refractivity contribution in [1.29, 1.82) is 0 Å². The van der Waals surface area contributed by atoms with E-state index in [9.17, 15) is 9.59 Å². The maximum atomic E-state index is 13.2. The Labute approximate surface area is 198 Å². The van der Waals surface area contributed by atoms with Crippen LogP contribution < -0.4 is 20.3 Å². The number of nitrogens with one attached hydrogen (secondary N) is 2. The van der Waals surface area contributed by atoms with Gasteiger partial charge in [-0.15, -0.1) is 0 Å². The van der Waals surface area contributed by atoms with Gasteiger partial charge >= 0.3 is 0 Å². The summed E-state index contributed by atoms with van der Waals surface area (Å²) in [6, 6.07) is 25.7. The van der Waals surface area contributed by atoms with Crippen LogP contribution in [0, 0.1) is 0 Å². The molecular weight excluding hydrogens is 428 g/mol. The number of para-hydroxylation sites is 2. The van der Waals surface area contributed by atoms with E-state index in [1.807, 2.05) is 60.5 Å². The Kier molecular flexibility index (Phi) is 6.84. The van der Waals surface area contributed by atoms with Gasteiger partial charge in [-0.3, -0.25) is 14.6 Å². The van der Waals surface area contributed by atoms with Gasteiger partial charge in [0.2, 0.25) is 0 Å². The Morgan fingerprint density at radius 1 is 0.853 bits per heavy atom. The topological polar surface area (TPSA) is 83.6 Å². The minimum atomic E-state index is -0.305. The highest BCUT2D eigenvalue weighted by molar-refractivity contribution is 6.09. The number of carbonyl (C=O) groups excluding carboxylic acids is 2. The highest BCUT2D eigenvalue weighted by Gasteiger charge is 2.16. The van der Waals surface area contributed by atoms with Gasteiger partial charge in [0.1, 0.15) is 5.75 Å². The second-order valence-electron chi connectivity index (χ2n) is 7.48. The largest absolute Gasteiger partial charge is 0.494 e. The number of aromatic nitrogens is 1. The lowest BCUT2D eigenvalue weighted by Crippen LogP contribution is -2.18. The molecule has 7 heteroatoms. The van der Waals surface area contributed by atoms with Crippen LogP contribution in [-0.4, -0.2) is 31.0 Å². The second kappa shape index (κ2) is 10.3. The SMILES string of the molecule is COc1cc(NC(=O)c2ccccc2N(C)c2ccccc2)ccc1NC(=O)c1cccnc1. The fourth-order valence-corrected chi connectivity index (χ4v) is 3.51. The molecule has 2 amide bonds. The average Bonchev–Trinajstić information content (AvgIpc) is 2.90. The van der Waals surface area contributed by atoms with Gasteiger partial charge in [0.05, 0.1) is 29.6 Å². The fraction of sp³-hybridized carbons (Fsp3) is 0.0741. The van der Waals surface area contributed by atoms with Crippen molar-refractivity contribution >= 4 is 34.6 Å². The van der Waals surface area contributed by atoms with E-state index in [2.05, 4.69) is 15.6 Å². The molecule has 7 nitrogen and oxygen atoms in total. The van der Waals surface area contributed by atoms with Crippen molar-refractivity contribution in [2.45, 2.75) is 0 Å². The number of benzene rings is 3. The molecule has 3 aromatic carbocycles. The lowest BCUT2D eigenvalue weighted by molar-refractivity contribution is 0.101. The zero-order valence-electron chi connectivity index (χ0n) is 18.9. The number of amides is 2. The number of ether oxygens (including phenoxy) is 1. The monoisotopic (exact) mass is 452 g/mol. The first-order valence-electron chi connectivity index (χ1n) is 10.7. The Morgan fingerprint density at radius 3 is 2.35 bits per heavy atom. The molecule has 0 unspecified atom stereocenters. The number of rotatable bonds is 7. The molecule has 0 aliphatic carbocycles. The third-order valence-electron chi connectivity index (χ3n) is 5.28. The molecule has 0 fully saturated rings. The van der Waals surface area contributed by atoms with Gasteiger partial charge in [0.15, 0.2) is 0 Å². The van der Waals surface area contributed by atoms with Crippen LogP contribution >= 0.6 is 0 Å². The van der Waals surface area contributed by atoms with Crippen molar-refractivity contribution in [2.24, 2.45) is 0 Å². The fourth-order valence-electron chi connectivity index (χ4n) is 3.51. The Bertz CT molecular complexity index is 1290. The lowest BCUT2D eigenvalue weighted by atomic mass is 10.1. The summed E-state index contributed by atoms with van der Waals surface area (Å²) in [6.07, 6.45) is 3.09. The Hall–Kier alpha value is -4.65. The number of carbonyl (C=O) groups is 2. The van der Waals surface area contributed by atoms with E-state index < -0.39 is 0 Å². The number of nitrogens with zero attached hydrogens (tertiary/aromatic N) is 2. The van der Waals surface area contributed by atoms with Crippen molar-refractivity contribution in [3.63, 3.8) is 0 Å². The first kappa shape index (κ1) is 22.5. The molecule has 2 N–H and O–H groups in total. The van der Waals surface area contributed by atoms with Crippen LogP contribution in [0.15, 0.2) is 97.3 Å². The molecule has 1 aromatic heterocycles. The van der Waals surface area contributed by atoms with Crippen LogP contribution in [0.3, 0.4) is 0 Å². The molecule has 0 saturated heterocycles. The van der Waals surface area contributed by atoms with Crippen LogP contribution in [-0.2, 0) is 0 Å². The van der Waals surface area contributed by atoms with E-state index in [0.717, 1.165) is 11.4 Å². The summed E-state index contributed by atoms with van der Waals surface area (Å²) in [5.74, 6) is -0.140. The molecule has 0 atom stereocenters. The smallest absolute Gasteiger partial charge is 0.257 e. The van der Waals surface area contributed by atoms with Crippen molar-refractivity contribution < 1.29 is 14.3 Å². The normalized spacial score (nSPS) is 10.3. The van der Waals surface area contributed by atoms with E-state index in [0.29, 0.717) is 28.3 Å². The van der Waals surface area contributed by atoms with E-state index in [1.165, 1.54) is 13.3 Å². The summed E-state index contributed by atoms with van der Waals surface area (Å²) >= 11 is 0. The van der Waals surface area contributed by atoms with Crippen molar-refractivity contribution in [3.05, 3.63) is 108 Å². The molecule has 0 bridgehead atoms. The predicted molar refractivity (Wildman–Crippen MR) is 134 cm³/mol. The maximum absolute atomic E-state index is 13.2. The number of methoxy groups -OCH3 is 1. The quantitative estimate of drug-likeness (QED) is 0.394. The average molecular weight is 453 g/mol. The summed E-state index contributed by atoms with van der Waals surface area (Å²) in [5, 5.41) is 5.73. The highest BCUT2D eigenvalue weighted by atomic mass is 16.5. The molecule has 1 heterocycles. The standard InChI is InChI=1S/C27H24N4O3/c1-31(21-10-4-3-5-11-21)24-13-7-6-12-22(24)27(33)29-20-14-15-23(25(17-20)34-2)30-26(32)19-9-8-16-28-18-19/h3-18H,1-2H3,(H,29,33)(H,30,32). The Balaban J connectivity index is 1.53. The molecule has 4 rings (SSSR count). The molecule has 0 aliphatic heterocycles. The van der Waals surface area contributed by atoms with Gasteiger partial charge in [-0.2, -0.15) is 0 Å². The number of anilines is 4. The van der Waals surface area contributed by atoms with Gasteiger partial charge < -0.3 is 20.3 Å². The van der Waals surface area contributed by atoms with Gasteiger partial charge in [0, 0.05) is 36.9 Å². The molecule has 0 aliphatic rings. The molecule has 0 spiro atoms. The third-order valence-corrected chi connectivity index (χ3v) is 5.28. The highest BCUT2D eigenvalue weighted by Crippen LogP contribution is 2.30. The number of pyridine rings is 1. The molecule has 34 heavy (non-hydrogen) atoms. The Morgan fingerprint density at radius 2 is 1.62 bits per heavy atom. The van der Waals surface area contributed by atoms with E-state index >= 15 is 0 Å². The van der Waals surface area contributed by atoms with Crippen LogP contribution in [0.1, 0.15) is 20.7 Å². The zero-order valence-corrected chi connectivity index (χ0v) is 18.9. The van der Waals surface area contributed by atoms with E-state index in [-0.39, 0.29) is 11.8 Å². The summed E-state index contributed by atoms with van der Waals surface area (Å²) < 4.78 is 5.44. The third kappa shape index (κ3) is 5.05. The van der Waals surface area contributed by atoms with Crippen LogP contribution in [0.2, 0.25) is 0 Å². The van der Waals surface area contributed by atoms with Crippen molar-refractivity contribution in [3.8, 4) is 5.75 Å². The second-order valence-corrected chi connectivity index (χ2v) is 7.48. The molecule has 4 aromatic rings. The van der Waals surface area contributed by atoms with Crippen LogP contribution in [0.5, 0.6) is 5.75 Å². The summed E-state index contributed by atoms with van der Waals surface area (Å²) in [6.45, 7) is 0. The van der Waals surface area contributed by atoms with Crippen molar-refractivity contribution in [1.82, 2.24) is 4.98 Å². The maximum Gasteiger partial charge on any atom is 0.257 e. The molecule has 0 saturated carbocycles. The van der Waals surface area contributed by atoms with Gasteiger partial charge in [0.25, 0.3) is 11.8 Å². The van der Waals surface area contributed by atoms with Crippen LogP contribution in [0.4, 0.5) is 22.7 Å². The van der Waals surface area contributed by atoms with Crippen LogP contribution in [0.25, 0.3) is 0 Å². The summed E-state index contributed by atoms with van der Waals surface area (Å²) in [5.41, 5.74) is 3.73. The predicted octanol–water partition coefficient (Wildman–Crippen LogP) is 5.36. The molecule has 0 radical (unpaired) electrons. The number of hydrogen-bond donors (Lipinski definition) is 2. The minimum Gasteiger partial charge on any atom is -0.494 e. The van der Waals surface area contributed by atoms with E-state index in [4.69, 9.17) is 4.74 Å². The lowest BCUT2D eigenvalue weighted by Gasteiger charge is -2.22. The first-order chi connectivity index (χ1) is 16.6. The molecular formula is C27H24N4O3.